The zero-order valence-electron chi connectivity index (χ0n) is 11.8. The zero-order valence-corrected chi connectivity index (χ0v) is 12.6. The van der Waals surface area contributed by atoms with E-state index in [2.05, 4.69) is 20.5 Å². The molecule has 0 radical (unpaired) electrons. The quantitative estimate of drug-likeness (QED) is 0.791. The third-order valence-electron chi connectivity index (χ3n) is 2.98. The summed E-state index contributed by atoms with van der Waals surface area (Å²) in [5, 5.41) is 10.3. The number of fused-ring (bicyclic) bond motifs is 1. The van der Waals surface area contributed by atoms with Gasteiger partial charge in [-0.3, -0.25) is 10.1 Å². The molecule has 0 unspecified atom stereocenters. The van der Waals surface area contributed by atoms with Gasteiger partial charge in [0.25, 0.3) is 12.3 Å². The molecule has 23 heavy (non-hydrogen) atoms. The SMILES string of the molecule is COc1nc(C(=O)Nc2nnc(C(F)F)s2)cc2ccccc12. The van der Waals surface area contributed by atoms with Gasteiger partial charge in [-0.25, -0.2) is 13.8 Å². The number of carbonyl (C=O) groups excluding carboxylic acids is 1. The van der Waals surface area contributed by atoms with E-state index in [1.54, 1.807) is 6.07 Å². The molecule has 2 heterocycles. The summed E-state index contributed by atoms with van der Waals surface area (Å²) < 4.78 is 30.1. The first-order chi connectivity index (χ1) is 11.1. The van der Waals surface area contributed by atoms with Crippen LogP contribution in [0.2, 0.25) is 0 Å². The molecule has 1 N–H and O–H groups in total. The highest BCUT2D eigenvalue weighted by molar-refractivity contribution is 7.15. The van der Waals surface area contributed by atoms with Gasteiger partial charge in [0.15, 0.2) is 5.01 Å². The Kier molecular flexibility index (Phi) is 4.11. The van der Waals surface area contributed by atoms with Crippen molar-refractivity contribution in [3.05, 3.63) is 41.0 Å². The van der Waals surface area contributed by atoms with Crippen molar-refractivity contribution in [2.45, 2.75) is 6.43 Å². The predicted octanol–water partition coefficient (Wildman–Crippen LogP) is 3.28. The Balaban J connectivity index is 1.91. The standard InChI is InChI=1S/C14H10F2N4O2S/c1-22-12-8-5-3-2-4-7(8)6-9(17-12)11(21)18-14-20-19-13(23-14)10(15)16/h2-6,10H,1H3,(H,18,20,21). The van der Waals surface area contributed by atoms with E-state index in [9.17, 15) is 13.6 Å². The Hall–Kier alpha value is -2.68. The maximum atomic E-state index is 12.5. The number of ether oxygens (including phenoxy) is 1. The van der Waals surface area contributed by atoms with Crippen LogP contribution in [0.4, 0.5) is 13.9 Å². The van der Waals surface area contributed by atoms with Crippen molar-refractivity contribution in [1.82, 2.24) is 15.2 Å². The van der Waals surface area contributed by atoms with E-state index in [0.29, 0.717) is 17.2 Å². The van der Waals surface area contributed by atoms with Crippen LogP contribution in [-0.4, -0.2) is 28.2 Å². The van der Waals surface area contributed by atoms with Crippen molar-refractivity contribution < 1.29 is 18.3 Å². The number of benzene rings is 1. The molecule has 0 aliphatic heterocycles. The van der Waals surface area contributed by atoms with Crippen LogP contribution in [0.15, 0.2) is 30.3 Å². The van der Waals surface area contributed by atoms with E-state index in [0.717, 1.165) is 10.8 Å². The van der Waals surface area contributed by atoms with Gasteiger partial charge >= 0.3 is 0 Å². The first-order valence-electron chi connectivity index (χ1n) is 6.45. The lowest BCUT2D eigenvalue weighted by atomic mass is 10.1. The van der Waals surface area contributed by atoms with Crippen LogP contribution in [-0.2, 0) is 0 Å². The number of pyridine rings is 1. The molecule has 118 valence electrons. The van der Waals surface area contributed by atoms with Crippen LogP contribution in [0, 0.1) is 0 Å². The second-order valence-corrected chi connectivity index (χ2v) is 5.45. The lowest BCUT2D eigenvalue weighted by Crippen LogP contribution is -2.14. The third kappa shape index (κ3) is 3.09. The number of amides is 1. The van der Waals surface area contributed by atoms with Gasteiger partial charge in [-0.2, -0.15) is 0 Å². The molecule has 1 amide bonds. The summed E-state index contributed by atoms with van der Waals surface area (Å²) in [7, 11) is 1.45. The number of rotatable bonds is 4. The summed E-state index contributed by atoms with van der Waals surface area (Å²) >= 11 is 0.614. The number of aromatic nitrogens is 3. The summed E-state index contributed by atoms with van der Waals surface area (Å²) in [5.74, 6) is -0.273. The molecule has 0 spiro atoms. The molecule has 3 rings (SSSR count). The second kappa shape index (κ2) is 6.21. The number of hydrogen-bond donors (Lipinski definition) is 1. The predicted molar refractivity (Wildman–Crippen MR) is 81.1 cm³/mol. The zero-order chi connectivity index (χ0) is 16.4. The highest BCUT2D eigenvalue weighted by Crippen LogP contribution is 2.27. The Morgan fingerprint density at radius 3 is 2.78 bits per heavy atom. The van der Waals surface area contributed by atoms with Crippen LogP contribution in [0.25, 0.3) is 10.8 Å². The normalized spacial score (nSPS) is 11.0. The topological polar surface area (TPSA) is 77.0 Å². The molecule has 2 aromatic heterocycles. The largest absolute Gasteiger partial charge is 0.481 e. The molecule has 0 bridgehead atoms. The molecular formula is C14H10F2N4O2S. The maximum absolute atomic E-state index is 12.5. The van der Waals surface area contributed by atoms with Crippen molar-refractivity contribution in [3.63, 3.8) is 0 Å². The van der Waals surface area contributed by atoms with Gasteiger partial charge in [0.05, 0.1) is 7.11 Å². The molecule has 0 atom stereocenters. The molecule has 6 nitrogen and oxygen atoms in total. The first-order valence-corrected chi connectivity index (χ1v) is 7.27. The van der Waals surface area contributed by atoms with Crippen molar-refractivity contribution >= 4 is 33.1 Å². The molecule has 0 fully saturated rings. The fourth-order valence-electron chi connectivity index (χ4n) is 1.97. The number of carbonyl (C=O) groups is 1. The summed E-state index contributed by atoms with van der Waals surface area (Å²) in [6.07, 6.45) is -2.72. The number of nitrogens with zero attached hydrogens (tertiary/aromatic N) is 3. The van der Waals surface area contributed by atoms with Gasteiger partial charge in [-0.05, 0) is 17.5 Å². The Morgan fingerprint density at radius 2 is 2.09 bits per heavy atom. The minimum Gasteiger partial charge on any atom is -0.481 e. The van der Waals surface area contributed by atoms with Gasteiger partial charge in [0.1, 0.15) is 5.69 Å². The van der Waals surface area contributed by atoms with E-state index in [-0.39, 0.29) is 10.8 Å². The molecule has 0 aliphatic rings. The molecule has 0 aliphatic carbocycles. The van der Waals surface area contributed by atoms with E-state index in [4.69, 9.17) is 4.74 Å². The second-order valence-electron chi connectivity index (χ2n) is 4.44. The Bertz CT molecular complexity index is 869. The van der Waals surface area contributed by atoms with E-state index in [1.807, 2.05) is 24.3 Å². The van der Waals surface area contributed by atoms with Crippen molar-refractivity contribution in [2.24, 2.45) is 0 Å². The first kappa shape index (κ1) is 15.2. The van der Waals surface area contributed by atoms with Gasteiger partial charge in [0.2, 0.25) is 11.0 Å². The molecule has 3 aromatic rings. The van der Waals surface area contributed by atoms with E-state index >= 15 is 0 Å². The molecule has 9 heteroatoms. The summed E-state index contributed by atoms with van der Waals surface area (Å²) in [4.78, 5) is 16.4. The minimum absolute atomic E-state index is 0.0146. The number of methoxy groups -OCH3 is 1. The molecule has 0 saturated carbocycles. The fourth-order valence-corrected chi connectivity index (χ4v) is 2.57. The van der Waals surface area contributed by atoms with Crippen molar-refractivity contribution in [2.75, 3.05) is 12.4 Å². The third-order valence-corrected chi connectivity index (χ3v) is 3.83. The summed E-state index contributed by atoms with van der Waals surface area (Å²) in [6, 6.07) is 8.88. The van der Waals surface area contributed by atoms with Crippen molar-refractivity contribution in [3.8, 4) is 5.88 Å². The molecule has 1 aromatic carbocycles. The van der Waals surface area contributed by atoms with Gasteiger partial charge < -0.3 is 4.74 Å². The van der Waals surface area contributed by atoms with Crippen LogP contribution in [0.5, 0.6) is 5.88 Å². The van der Waals surface area contributed by atoms with Crippen molar-refractivity contribution in [1.29, 1.82) is 0 Å². The van der Waals surface area contributed by atoms with Gasteiger partial charge in [0, 0.05) is 5.39 Å². The summed E-state index contributed by atoms with van der Waals surface area (Å²) in [6.45, 7) is 0. The highest BCUT2D eigenvalue weighted by Gasteiger charge is 2.17. The molecular weight excluding hydrogens is 326 g/mol. The van der Waals surface area contributed by atoms with Crippen LogP contribution < -0.4 is 10.1 Å². The number of hydrogen-bond acceptors (Lipinski definition) is 6. The summed E-state index contributed by atoms with van der Waals surface area (Å²) in [5.41, 5.74) is 0.0920. The van der Waals surface area contributed by atoms with Crippen LogP contribution in [0.3, 0.4) is 0 Å². The monoisotopic (exact) mass is 336 g/mol. The Morgan fingerprint density at radius 1 is 1.30 bits per heavy atom. The fraction of sp³-hybridized carbons (Fsp3) is 0.143. The lowest BCUT2D eigenvalue weighted by Gasteiger charge is -2.07. The van der Waals surface area contributed by atoms with Gasteiger partial charge in [-0.1, -0.05) is 29.5 Å². The van der Waals surface area contributed by atoms with E-state index < -0.39 is 17.3 Å². The smallest absolute Gasteiger partial charge is 0.291 e. The van der Waals surface area contributed by atoms with E-state index in [1.165, 1.54) is 7.11 Å². The number of nitrogens with one attached hydrogen (secondary N) is 1. The number of alkyl halides is 2. The lowest BCUT2D eigenvalue weighted by molar-refractivity contribution is 0.102. The Labute approximate surface area is 133 Å². The molecule has 0 saturated heterocycles. The minimum atomic E-state index is -2.72. The highest BCUT2D eigenvalue weighted by atomic mass is 32.1. The van der Waals surface area contributed by atoms with Crippen LogP contribution >= 0.6 is 11.3 Å². The number of anilines is 1. The average molecular weight is 336 g/mol. The maximum Gasteiger partial charge on any atom is 0.291 e. The van der Waals surface area contributed by atoms with Gasteiger partial charge in [-0.15, -0.1) is 10.2 Å². The van der Waals surface area contributed by atoms with Crippen LogP contribution in [0.1, 0.15) is 21.9 Å². The number of halogens is 2. The average Bonchev–Trinajstić information content (AvgIpc) is 3.02.